The molecule has 1 amide bonds. The van der Waals surface area contributed by atoms with Gasteiger partial charge in [-0.25, -0.2) is 4.98 Å². The Hall–Kier alpha value is -4.13. The number of benzene rings is 2. The highest BCUT2D eigenvalue weighted by molar-refractivity contribution is 6.10. The SMILES string of the molecule is COc1ccc(OC)c([C@H]2c3c(oc4ccc(C)cc4c3=O)C(=O)N2c2ccccn2)c1. The lowest BCUT2D eigenvalue weighted by Crippen LogP contribution is -2.30. The average Bonchev–Trinajstić information content (AvgIpc) is 3.12. The Morgan fingerprint density at radius 3 is 2.56 bits per heavy atom. The molecule has 1 aliphatic rings. The van der Waals surface area contributed by atoms with Gasteiger partial charge in [-0.15, -0.1) is 0 Å². The molecule has 0 spiro atoms. The second kappa shape index (κ2) is 7.53. The molecule has 1 aliphatic heterocycles. The molecule has 32 heavy (non-hydrogen) atoms. The van der Waals surface area contributed by atoms with Gasteiger partial charge in [0.1, 0.15) is 28.9 Å². The molecule has 7 heteroatoms. The van der Waals surface area contributed by atoms with E-state index in [0.717, 1.165) is 5.56 Å². The number of ether oxygens (including phenoxy) is 2. The van der Waals surface area contributed by atoms with Crippen molar-refractivity contribution in [1.82, 2.24) is 4.98 Å². The number of carbonyl (C=O) groups excluding carboxylic acids is 1. The topological polar surface area (TPSA) is 81.9 Å². The van der Waals surface area contributed by atoms with Crippen molar-refractivity contribution >= 4 is 22.7 Å². The van der Waals surface area contributed by atoms with Crippen LogP contribution in [0.3, 0.4) is 0 Å². The summed E-state index contributed by atoms with van der Waals surface area (Å²) < 4.78 is 17.0. The Labute approximate surface area is 183 Å². The van der Waals surface area contributed by atoms with Gasteiger partial charge in [-0.2, -0.15) is 0 Å². The summed E-state index contributed by atoms with van der Waals surface area (Å²) in [7, 11) is 3.10. The predicted octanol–water partition coefficient (Wildman–Crippen LogP) is 4.26. The lowest BCUT2D eigenvalue weighted by atomic mass is 9.97. The lowest BCUT2D eigenvalue weighted by Gasteiger charge is -2.25. The van der Waals surface area contributed by atoms with Crippen LogP contribution in [0.25, 0.3) is 11.0 Å². The van der Waals surface area contributed by atoms with Crippen LogP contribution in [0.4, 0.5) is 5.82 Å². The number of amides is 1. The second-order valence-electron chi connectivity index (χ2n) is 7.55. The van der Waals surface area contributed by atoms with E-state index in [1.165, 1.54) is 4.90 Å². The van der Waals surface area contributed by atoms with E-state index in [2.05, 4.69) is 4.98 Å². The minimum Gasteiger partial charge on any atom is -0.497 e. The van der Waals surface area contributed by atoms with Gasteiger partial charge in [0.25, 0.3) is 5.91 Å². The molecule has 0 radical (unpaired) electrons. The third-order valence-electron chi connectivity index (χ3n) is 5.65. The Morgan fingerprint density at radius 1 is 1.00 bits per heavy atom. The number of anilines is 1. The zero-order chi connectivity index (χ0) is 22.4. The third-order valence-corrected chi connectivity index (χ3v) is 5.65. The Morgan fingerprint density at radius 2 is 1.84 bits per heavy atom. The molecule has 4 aromatic rings. The standard InChI is InChI=1S/C25H20N2O5/c1-14-7-9-19-17(12-14)23(28)21-22(16-13-15(30-2)8-10-18(16)31-3)27(25(29)24(21)32-19)20-6-4-5-11-26-20/h4-13,22H,1-3H3/t22-/m0/s1. The van der Waals surface area contributed by atoms with Crippen molar-refractivity contribution in [2.24, 2.45) is 0 Å². The van der Waals surface area contributed by atoms with Gasteiger partial charge in [0.2, 0.25) is 5.76 Å². The number of pyridine rings is 1. The molecule has 0 unspecified atom stereocenters. The monoisotopic (exact) mass is 428 g/mol. The summed E-state index contributed by atoms with van der Waals surface area (Å²) >= 11 is 0. The van der Waals surface area contributed by atoms with Crippen molar-refractivity contribution in [2.75, 3.05) is 19.1 Å². The van der Waals surface area contributed by atoms with Crippen LogP contribution in [0.15, 0.2) is 70.0 Å². The van der Waals surface area contributed by atoms with Crippen LogP contribution in [-0.4, -0.2) is 25.1 Å². The highest BCUT2D eigenvalue weighted by Gasteiger charge is 2.45. The van der Waals surface area contributed by atoms with Crippen molar-refractivity contribution in [1.29, 1.82) is 0 Å². The van der Waals surface area contributed by atoms with Crippen LogP contribution >= 0.6 is 0 Å². The maximum absolute atomic E-state index is 13.7. The van der Waals surface area contributed by atoms with E-state index in [0.29, 0.717) is 33.8 Å². The number of nitrogens with zero attached hydrogens (tertiary/aromatic N) is 2. The number of hydrogen-bond donors (Lipinski definition) is 0. The fourth-order valence-corrected chi connectivity index (χ4v) is 4.17. The van der Waals surface area contributed by atoms with E-state index < -0.39 is 11.9 Å². The number of methoxy groups -OCH3 is 2. The number of fused-ring (bicyclic) bond motifs is 2. The minimum atomic E-state index is -0.793. The maximum atomic E-state index is 13.7. The number of aryl methyl sites for hydroxylation is 1. The molecule has 0 aliphatic carbocycles. The van der Waals surface area contributed by atoms with E-state index in [4.69, 9.17) is 13.9 Å². The van der Waals surface area contributed by atoms with Crippen molar-refractivity contribution in [3.8, 4) is 11.5 Å². The molecule has 1 atom stereocenters. The number of hydrogen-bond acceptors (Lipinski definition) is 6. The summed E-state index contributed by atoms with van der Waals surface area (Å²) in [6, 6.07) is 15.1. The first-order chi connectivity index (χ1) is 15.5. The molecule has 2 aromatic carbocycles. The molecule has 0 fully saturated rings. The van der Waals surface area contributed by atoms with Crippen LogP contribution in [0, 0.1) is 6.92 Å². The van der Waals surface area contributed by atoms with Crippen LogP contribution < -0.4 is 19.8 Å². The Kier molecular flexibility index (Phi) is 4.66. The van der Waals surface area contributed by atoms with Crippen molar-refractivity contribution < 1.29 is 18.7 Å². The summed E-state index contributed by atoms with van der Waals surface area (Å²) in [4.78, 5) is 33.1. The quantitative estimate of drug-likeness (QED) is 0.483. The van der Waals surface area contributed by atoms with Crippen LogP contribution in [-0.2, 0) is 0 Å². The van der Waals surface area contributed by atoms with Gasteiger partial charge in [-0.3, -0.25) is 14.5 Å². The van der Waals surface area contributed by atoms with Gasteiger partial charge in [-0.05, 0) is 49.4 Å². The molecular formula is C25H20N2O5. The molecule has 7 nitrogen and oxygen atoms in total. The zero-order valence-electron chi connectivity index (χ0n) is 17.8. The Bertz CT molecular complexity index is 1410. The summed E-state index contributed by atoms with van der Waals surface area (Å²) in [6.07, 6.45) is 1.60. The van der Waals surface area contributed by atoms with Crippen LogP contribution in [0.5, 0.6) is 11.5 Å². The molecule has 0 saturated heterocycles. The first-order valence-electron chi connectivity index (χ1n) is 10.1. The number of carbonyl (C=O) groups is 1. The number of aromatic nitrogens is 1. The number of rotatable bonds is 4. The molecule has 0 N–H and O–H groups in total. The summed E-state index contributed by atoms with van der Waals surface area (Å²) in [5.41, 5.74) is 1.89. The molecule has 160 valence electrons. The molecule has 3 heterocycles. The highest BCUT2D eigenvalue weighted by Crippen LogP contribution is 2.44. The van der Waals surface area contributed by atoms with Gasteiger partial charge < -0.3 is 13.9 Å². The molecule has 0 bridgehead atoms. The maximum Gasteiger partial charge on any atom is 0.296 e. The predicted molar refractivity (Wildman–Crippen MR) is 120 cm³/mol. The van der Waals surface area contributed by atoms with Gasteiger partial charge in [0.05, 0.1) is 25.2 Å². The largest absolute Gasteiger partial charge is 0.497 e. The Balaban J connectivity index is 1.86. The van der Waals surface area contributed by atoms with Crippen molar-refractivity contribution in [3.63, 3.8) is 0 Å². The first kappa shape index (κ1) is 19.8. The summed E-state index contributed by atoms with van der Waals surface area (Å²) in [5.74, 6) is 1.06. The van der Waals surface area contributed by atoms with E-state index in [9.17, 15) is 9.59 Å². The van der Waals surface area contributed by atoms with Crippen LogP contribution in [0.2, 0.25) is 0 Å². The lowest BCUT2D eigenvalue weighted by molar-refractivity contribution is 0.0970. The molecular weight excluding hydrogens is 408 g/mol. The van der Waals surface area contributed by atoms with E-state index in [1.807, 2.05) is 13.0 Å². The molecule has 2 aromatic heterocycles. The highest BCUT2D eigenvalue weighted by atomic mass is 16.5. The zero-order valence-corrected chi connectivity index (χ0v) is 17.8. The minimum absolute atomic E-state index is 0.00637. The van der Waals surface area contributed by atoms with E-state index >= 15 is 0 Å². The van der Waals surface area contributed by atoms with Crippen molar-refractivity contribution in [3.05, 3.63) is 93.5 Å². The van der Waals surface area contributed by atoms with E-state index in [1.54, 1.807) is 68.9 Å². The van der Waals surface area contributed by atoms with E-state index in [-0.39, 0.29) is 16.8 Å². The first-order valence-corrected chi connectivity index (χ1v) is 10.1. The molecule has 0 saturated carbocycles. The fraction of sp³-hybridized carbons (Fsp3) is 0.160. The molecule has 5 rings (SSSR count). The van der Waals surface area contributed by atoms with Gasteiger partial charge >= 0.3 is 0 Å². The smallest absolute Gasteiger partial charge is 0.296 e. The third kappa shape index (κ3) is 2.93. The normalized spacial score (nSPS) is 15.2. The van der Waals surface area contributed by atoms with Gasteiger partial charge in [-0.1, -0.05) is 17.7 Å². The van der Waals surface area contributed by atoms with Crippen molar-refractivity contribution in [2.45, 2.75) is 13.0 Å². The van der Waals surface area contributed by atoms with Gasteiger partial charge in [0, 0.05) is 11.8 Å². The average molecular weight is 428 g/mol. The fourth-order valence-electron chi connectivity index (χ4n) is 4.17. The van der Waals surface area contributed by atoms with Crippen LogP contribution in [0.1, 0.15) is 33.3 Å². The summed E-state index contributed by atoms with van der Waals surface area (Å²) in [6.45, 7) is 1.90. The summed E-state index contributed by atoms with van der Waals surface area (Å²) in [5, 5.41) is 0.422. The van der Waals surface area contributed by atoms with Gasteiger partial charge in [0.15, 0.2) is 5.43 Å². The second-order valence-corrected chi connectivity index (χ2v) is 7.55.